The molecule has 0 aliphatic heterocycles. The van der Waals surface area contributed by atoms with Gasteiger partial charge in [0.2, 0.25) is 0 Å². The van der Waals surface area contributed by atoms with Crippen LogP contribution in [0.1, 0.15) is 271 Å². The van der Waals surface area contributed by atoms with Crippen LogP contribution in [0.25, 0.3) is 0 Å². The molecule has 9 heteroatoms. The zero-order chi connectivity index (χ0) is 46.5. The third-order valence-corrected chi connectivity index (χ3v) is 13.0. The number of hydrogen-bond acceptors (Lipinski definition) is 7. The van der Waals surface area contributed by atoms with Crippen molar-refractivity contribution in [1.82, 2.24) is 0 Å². The number of carbonyl (C=O) groups excluding carboxylic acids is 1. The van der Waals surface area contributed by atoms with Gasteiger partial charge in [-0.1, -0.05) is 230 Å². The van der Waals surface area contributed by atoms with E-state index in [4.69, 9.17) is 24.3 Å². The number of phosphoric ester groups is 1. The van der Waals surface area contributed by atoms with Gasteiger partial charge in [-0.15, -0.1) is 0 Å². The van der Waals surface area contributed by atoms with Gasteiger partial charge in [-0.05, 0) is 70.6 Å². The predicted octanol–water partition coefficient (Wildman–Crippen LogP) is 17.3. The highest BCUT2D eigenvalue weighted by molar-refractivity contribution is 7.47. The van der Waals surface area contributed by atoms with Crippen molar-refractivity contribution in [2.75, 3.05) is 33.0 Å². The molecule has 0 amide bonds. The highest BCUT2D eigenvalue weighted by atomic mass is 31.2. The third-order valence-electron chi connectivity index (χ3n) is 12.0. The van der Waals surface area contributed by atoms with Gasteiger partial charge in [0.05, 0.1) is 19.8 Å². The lowest BCUT2D eigenvalue weighted by molar-refractivity contribution is -0.154. The van der Waals surface area contributed by atoms with Crippen LogP contribution in [0, 0.1) is 0 Å². The molecule has 0 fully saturated rings. The van der Waals surface area contributed by atoms with Gasteiger partial charge in [0.25, 0.3) is 0 Å². The molecule has 0 rings (SSSR count). The van der Waals surface area contributed by atoms with Crippen LogP contribution in [0.15, 0.2) is 36.5 Å². The fraction of sp³-hybridized carbons (Fsp3) is 0.873. The number of rotatable bonds is 53. The molecular weight excluding hydrogens is 818 g/mol. The number of unbranched alkanes of at least 4 members (excludes halogenated alkanes) is 34. The average molecular weight is 924 g/mol. The molecule has 0 saturated heterocycles. The van der Waals surface area contributed by atoms with Crippen LogP contribution in [0.3, 0.4) is 0 Å². The van der Waals surface area contributed by atoms with Crippen LogP contribution in [0.2, 0.25) is 0 Å². The fourth-order valence-corrected chi connectivity index (χ4v) is 8.73. The summed E-state index contributed by atoms with van der Waals surface area (Å²) in [7, 11) is -4.28. The Morgan fingerprint density at radius 3 is 1.23 bits per heavy atom. The van der Waals surface area contributed by atoms with E-state index in [1.807, 2.05) is 0 Å². The molecule has 8 nitrogen and oxygen atoms in total. The highest BCUT2D eigenvalue weighted by Gasteiger charge is 2.25. The van der Waals surface area contributed by atoms with E-state index in [1.165, 1.54) is 212 Å². The molecule has 0 aromatic rings. The Hall–Kier alpha value is -1.28. The van der Waals surface area contributed by atoms with Crippen molar-refractivity contribution in [3.63, 3.8) is 0 Å². The van der Waals surface area contributed by atoms with Gasteiger partial charge < -0.3 is 20.1 Å². The number of hydrogen-bond donors (Lipinski definition) is 2. The summed E-state index contributed by atoms with van der Waals surface area (Å²) in [6, 6.07) is 0. The van der Waals surface area contributed by atoms with Crippen molar-refractivity contribution in [1.29, 1.82) is 0 Å². The second kappa shape index (κ2) is 52.7. The van der Waals surface area contributed by atoms with Crippen LogP contribution < -0.4 is 5.73 Å². The molecule has 3 N–H and O–H groups in total. The molecule has 0 aliphatic carbocycles. The van der Waals surface area contributed by atoms with Crippen molar-refractivity contribution >= 4 is 13.8 Å². The smallest absolute Gasteiger partial charge is 0.457 e. The summed E-state index contributed by atoms with van der Waals surface area (Å²) in [6.45, 7) is 4.95. The lowest BCUT2D eigenvalue weighted by Crippen LogP contribution is -2.28. The van der Waals surface area contributed by atoms with E-state index in [0.29, 0.717) is 13.0 Å². The van der Waals surface area contributed by atoms with Gasteiger partial charge in [-0.25, -0.2) is 4.57 Å². The van der Waals surface area contributed by atoms with Gasteiger partial charge in [0.15, 0.2) is 0 Å². The first-order valence-corrected chi connectivity index (χ1v) is 29.0. The molecule has 2 atom stereocenters. The zero-order valence-electron chi connectivity index (χ0n) is 42.3. The Kier molecular flexibility index (Phi) is 51.6. The van der Waals surface area contributed by atoms with E-state index in [0.717, 1.165) is 38.5 Å². The summed E-state index contributed by atoms with van der Waals surface area (Å²) < 4.78 is 33.7. The molecule has 0 aliphatic rings. The first-order valence-electron chi connectivity index (χ1n) is 27.5. The Balaban J connectivity index is 3.90. The Bertz CT molecular complexity index is 1080. The number of phosphoric acid groups is 1. The molecule has 0 saturated carbocycles. The lowest BCUT2D eigenvalue weighted by atomic mass is 10.0. The minimum absolute atomic E-state index is 0.0955. The van der Waals surface area contributed by atoms with E-state index in [1.54, 1.807) is 0 Å². The van der Waals surface area contributed by atoms with Crippen molar-refractivity contribution in [2.45, 2.75) is 277 Å². The molecule has 378 valence electrons. The summed E-state index contributed by atoms with van der Waals surface area (Å²) in [4.78, 5) is 22.6. The third kappa shape index (κ3) is 51.7. The van der Waals surface area contributed by atoms with Crippen LogP contribution in [0.5, 0.6) is 0 Å². The fourth-order valence-electron chi connectivity index (χ4n) is 7.97. The van der Waals surface area contributed by atoms with Crippen molar-refractivity contribution in [3.8, 4) is 0 Å². The summed E-state index contributed by atoms with van der Waals surface area (Å²) in [5.41, 5.74) is 5.40. The molecule has 0 heterocycles. The average Bonchev–Trinajstić information content (AvgIpc) is 3.29. The minimum atomic E-state index is -4.28. The second-order valence-corrected chi connectivity index (χ2v) is 19.9. The largest absolute Gasteiger partial charge is 0.472 e. The van der Waals surface area contributed by atoms with Gasteiger partial charge in [0, 0.05) is 19.6 Å². The minimum Gasteiger partial charge on any atom is -0.457 e. The van der Waals surface area contributed by atoms with Crippen LogP contribution in [0.4, 0.5) is 0 Å². The molecule has 0 spiro atoms. The maximum Gasteiger partial charge on any atom is 0.472 e. The second-order valence-electron chi connectivity index (χ2n) is 18.4. The number of esters is 1. The zero-order valence-corrected chi connectivity index (χ0v) is 43.2. The summed E-state index contributed by atoms with van der Waals surface area (Å²) in [5, 5.41) is 0. The Morgan fingerprint density at radius 1 is 0.469 bits per heavy atom. The molecule has 64 heavy (non-hydrogen) atoms. The standard InChI is InChI=1S/C55H106NO7P/c1-3-5-7-9-11-13-15-17-19-21-23-25-26-27-29-31-33-35-37-39-41-43-45-47-50-60-52-54(53-62-64(58,59)61-51-49-56)63-55(57)48-46-44-42-40-38-36-34-32-30-28-24-22-20-18-16-14-12-10-8-6-4-2/h16,18,21-24,54H,3-15,17,19-20,25-53,56H2,1-2H3,(H,58,59)/b18-16-,23-21-,24-22-. The van der Waals surface area contributed by atoms with E-state index >= 15 is 0 Å². The highest BCUT2D eigenvalue weighted by Crippen LogP contribution is 2.43. The molecule has 0 radical (unpaired) electrons. The van der Waals surface area contributed by atoms with Crippen LogP contribution in [-0.4, -0.2) is 49.9 Å². The van der Waals surface area contributed by atoms with Gasteiger partial charge >= 0.3 is 13.8 Å². The number of carbonyl (C=O) groups is 1. The molecule has 0 aromatic carbocycles. The SMILES string of the molecule is CCCCCCC/C=C\C/C=C\CCCCCCCCCCCC(=O)OC(COCCCCCCCCCCCCCC/C=C\CCCCCCCCCC)COP(=O)(O)OCCN. The summed E-state index contributed by atoms with van der Waals surface area (Å²) in [6.07, 6.45) is 63.3. The first kappa shape index (κ1) is 62.7. The maximum absolute atomic E-state index is 12.7. The summed E-state index contributed by atoms with van der Waals surface area (Å²) >= 11 is 0. The summed E-state index contributed by atoms with van der Waals surface area (Å²) in [5.74, 6) is -0.331. The number of ether oxygens (including phenoxy) is 2. The van der Waals surface area contributed by atoms with E-state index in [-0.39, 0.29) is 32.3 Å². The molecule has 0 aromatic heterocycles. The number of nitrogens with two attached hydrogens (primary N) is 1. The Labute approximate surface area is 397 Å². The molecular formula is C55H106NO7P. The molecule has 2 unspecified atom stereocenters. The normalized spacial score (nSPS) is 13.5. The topological polar surface area (TPSA) is 117 Å². The van der Waals surface area contributed by atoms with E-state index in [9.17, 15) is 14.3 Å². The van der Waals surface area contributed by atoms with Crippen molar-refractivity contribution in [2.24, 2.45) is 5.73 Å². The van der Waals surface area contributed by atoms with Crippen molar-refractivity contribution in [3.05, 3.63) is 36.5 Å². The first-order chi connectivity index (χ1) is 31.4. The monoisotopic (exact) mass is 924 g/mol. The maximum atomic E-state index is 12.7. The van der Waals surface area contributed by atoms with E-state index in [2.05, 4.69) is 50.3 Å². The quantitative estimate of drug-likeness (QED) is 0.0268. The number of allylic oxidation sites excluding steroid dienone is 6. The van der Waals surface area contributed by atoms with Crippen LogP contribution in [-0.2, 0) is 27.9 Å². The lowest BCUT2D eigenvalue weighted by Gasteiger charge is -2.20. The van der Waals surface area contributed by atoms with E-state index < -0.39 is 13.9 Å². The molecule has 0 bridgehead atoms. The van der Waals surface area contributed by atoms with Gasteiger partial charge in [0.1, 0.15) is 6.10 Å². The van der Waals surface area contributed by atoms with Gasteiger partial charge in [-0.3, -0.25) is 13.8 Å². The van der Waals surface area contributed by atoms with Crippen molar-refractivity contribution < 1.29 is 32.8 Å². The van der Waals surface area contributed by atoms with Crippen LogP contribution >= 0.6 is 7.82 Å². The Morgan fingerprint density at radius 2 is 0.828 bits per heavy atom. The predicted molar refractivity (Wildman–Crippen MR) is 275 cm³/mol. The van der Waals surface area contributed by atoms with Gasteiger partial charge in [-0.2, -0.15) is 0 Å².